The van der Waals surface area contributed by atoms with Crippen LogP contribution in [0.3, 0.4) is 0 Å². The van der Waals surface area contributed by atoms with Crippen LogP contribution in [0.25, 0.3) is 16.6 Å². The molecule has 0 bridgehead atoms. The molecule has 26 heavy (non-hydrogen) atoms. The maximum Gasteiger partial charge on any atom is 0.265 e. The Hall–Kier alpha value is -2.48. The number of fused-ring (bicyclic) bond motifs is 3. The third-order valence-electron chi connectivity index (χ3n) is 4.00. The molecule has 1 amide bonds. The predicted molar refractivity (Wildman–Crippen MR) is 107 cm³/mol. The van der Waals surface area contributed by atoms with Gasteiger partial charge in [-0.2, -0.15) is 0 Å². The van der Waals surface area contributed by atoms with Crippen LogP contribution in [-0.4, -0.2) is 15.3 Å². The molecule has 0 aliphatic carbocycles. The number of carbonyl (C=O) groups excluding carboxylic acids is 1. The molecule has 0 aliphatic heterocycles. The van der Waals surface area contributed by atoms with Crippen molar-refractivity contribution >= 4 is 57.6 Å². The lowest BCUT2D eigenvalue weighted by molar-refractivity contribution is 0.0956. The first kappa shape index (κ1) is 17.0. The van der Waals surface area contributed by atoms with Crippen molar-refractivity contribution in [2.75, 3.05) is 0 Å². The van der Waals surface area contributed by atoms with Crippen LogP contribution < -0.4 is 10.9 Å². The van der Waals surface area contributed by atoms with E-state index in [0.717, 1.165) is 5.56 Å². The van der Waals surface area contributed by atoms with Crippen LogP contribution >= 0.6 is 35.2 Å². The van der Waals surface area contributed by atoms with Gasteiger partial charge in [0.25, 0.3) is 11.5 Å². The standard InChI is InChI=1S/C18H12ClN3O2S2/c19-11-7-5-10(6-8-11)9-20-17(24)14-15-21-16(23)12-3-1-2-4-13(12)22(15)18(25)26-14/h1-8H,9H2,(H,20,24)(H,21,23). The summed E-state index contributed by atoms with van der Waals surface area (Å²) in [6.07, 6.45) is 0. The highest BCUT2D eigenvalue weighted by Crippen LogP contribution is 2.22. The van der Waals surface area contributed by atoms with Crippen LogP contribution in [0.15, 0.2) is 53.3 Å². The summed E-state index contributed by atoms with van der Waals surface area (Å²) < 4.78 is 2.23. The van der Waals surface area contributed by atoms with Gasteiger partial charge in [0.05, 0.1) is 10.9 Å². The molecule has 0 saturated heterocycles. The average molecular weight is 402 g/mol. The summed E-state index contributed by atoms with van der Waals surface area (Å²) in [5.74, 6) is -0.288. The molecule has 2 heterocycles. The third kappa shape index (κ3) is 2.94. The number of hydrogen-bond donors (Lipinski definition) is 2. The van der Waals surface area contributed by atoms with Crippen molar-refractivity contribution < 1.29 is 4.79 Å². The van der Waals surface area contributed by atoms with E-state index < -0.39 is 0 Å². The number of thiazole rings is 1. The fourth-order valence-electron chi connectivity index (χ4n) is 2.76. The van der Waals surface area contributed by atoms with E-state index in [9.17, 15) is 9.59 Å². The summed E-state index contributed by atoms with van der Waals surface area (Å²) in [5.41, 5.74) is 1.77. The molecule has 2 aromatic carbocycles. The maximum atomic E-state index is 12.7. The number of rotatable bonds is 3. The lowest BCUT2D eigenvalue weighted by atomic mass is 10.2. The van der Waals surface area contributed by atoms with Gasteiger partial charge in [-0.15, -0.1) is 0 Å². The minimum absolute atomic E-state index is 0.250. The molecular weight excluding hydrogens is 390 g/mol. The summed E-state index contributed by atoms with van der Waals surface area (Å²) in [6, 6.07) is 14.4. The molecule has 5 nitrogen and oxygen atoms in total. The number of benzene rings is 2. The van der Waals surface area contributed by atoms with Crippen LogP contribution in [-0.2, 0) is 6.54 Å². The second-order valence-corrected chi connectivity index (χ2v) is 7.74. The highest BCUT2D eigenvalue weighted by atomic mass is 35.5. The number of para-hydroxylation sites is 1. The molecule has 0 saturated carbocycles. The average Bonchev–Trinajstić information content (AvgIpc) is 2.98. The largest absolute Gasteiger partial charge is 0.347 e. The Morgan fingerprint density at radius 2 is 1.92 bits per heavy atom. The number of hydrogen-bond acceptors (Lipinski definition) is 4. The summed E-state index contributed by atoms with van der Waals surface area (Å²) >= 11 is 12.5. The van der Waals surface area contributed by atoms with Crippen LogP contribution in [0.1, 0.15) is 15.2 Å². The SMILES string of the molecule is O=C(NCc1ccc(Cl)cc1)c1sc(=S)n2c1[nH]c(=O)c1ccccc12. The topological polar surface area (TPSA) is 66.4 Å². The van der Waals surface area contributed by atoms with Crippen molar-refractivity contribution in [3.63, 3.8) is 0 Å². The Labute approximate surface area is 161 Å². The van der Waals surface area contributed by atoms with Gasteiger partial charge in [-0.25, -0.2) is 0 Å². The Morgan fingerprint density at radius 1 is 1.19 bits per heavy atom. The van der Waals surface area contributed by atoms with Crippen molar-refractivity contribution in [1.29, 1.82) is 0 Å². The maximum absolute atomic E-state index is 12.7. The van der Waals surface area contributed by atoms with Gasteiger partial charge >= 0.3 is 0 Å². The van der Waals surface area contributed by atoms with E-state index in [0.29, 0.717) is 36.9 Å². The lowest BCUT2D eigenvalue weighted by Crippen LogP contribution is -2.23. The number of H-pyrrole nitrogens is 1. The highest BCUT2D eigenvalue weighted by Gasteiger charge is 2.17. The second-order valence-electron chi connectivity index (χ2n) is 5.66. The van der Waals surface area contributed by atoms with Gasteiger partial charge in [0, 0.05) is 11.6 Å². The first-order valence-electron chi connectivity index (χ1n) is 7.74. The van der Waals surface area contributed by atoms with E-state index in [1.165, 1.54) is 11.3 Å². The molecule has 4 aromatic rings. The summed E-state index contributed by atoms with van der Waals surface area (Å²) in [5, 5.41) is 4.02. The van der Waals surface area contributed by atoms with Gasteiger partial charge in [0.15, 0.2) is 3.95 Å². The number of aromatic amines is 1. The van der Waals surface area contributed by atoms with Gasteiger partial charge in [0.2, 0.25) is 0 Å². The monoisotopic (exact) mass is 401 g/mol. The number of aromatic nitrogens is 2. The molecule has 0 fully saturated rings. The van der Waals surface area contributed by atoms with Crippen molar-refractivity contribution in [3.05, 3.63) is 78.3 Å². The van der Waals surface area contributed by atoms with E-state index in [4.69, 9.17) is 23.8 Å². The first-order valence-corrected chi connectivity index (χ1v) is 9.34. The summed E-state index contributed by atoms with van der Waals surface area (Å²) in [6.45, 7) is 0.352. The number of carbonyl (C=O) groups is 1. The quantitative estimate of drug-likeness (QED) is 0.507. The van der Waals surface area contributed by atoms with E-state index >= 15 is 0 Å². The molecule has 8 heteroatoms. The molecule has 0 radical (unpaired) electrons. The van der Waals surface area contributed by atoms with Crippen LogP contribution in [0, 0.1) is 3.95 Å². The van der Waals surface area contributed by atoms with Crippen LogP contribution in [0.5, 0.6) is 0 Å². The third-order valence-corrected chi connectivity index (χ3v) is 5.63. The molecule has 0 atom stereocenters. The zero-order valence-electron chi connectivity index (χ0n) is 13.3. The van der Waals surface area contributed by atoms with Crippen molar-refractivity contribution in [2.45, 2.75) is 6.54 Å². The van der Waals surface area contributed by atoms with Crippen molar-refractivity contribution in [1.82, 2.24) is 14.7 Å². The molecule has 0 spiro atoms. The van der Waals surface area contributed by atoms with Crippen molar-refractivity contribution in [3.8, 4) is 0 Å². The molecule has 2 aromatic heterocycles. The number of nitrogens with zero attached hydrogens (tertiary/aromatic N) is 1. The van der Waals surface area contributed by atoms with E-state index in [2.05, 4.69) is 10.3 Å². The normalized spacial score (nSPS) is 11.1. The molecule has 0 aliphatic rings. The summed E-state index contributed by atoms with van der Waals surface area (Å²) in [7, 11) is 0. The molecule has 0 unspecified atom stereocenters. The number of nitrogens with one attached hydrogen (secondary N) is 2. The zero-order valence-corrected chi connectivity index (χ0v) is 15.7. The Bertz CT molecular complexity index is 1260. The lowest BCUT2D eigenvalue weighted by Gasteiger charge is -2.05. The van der Waals surface area contributed by atoms with Gasteiger partial charge in [-0.05, 0) is 42.0 Å². The van der Waals surface area contributed by atoms with Crippen LogP contribution in [0.4, 0.5) is 0 Å². The van der Waals surface area contributed by atoms with Gasteiger partial charge in [-0.3, -0.25) is 14.0 Å². The zero-order chi connectivity index (χ0) is 18.3. The fourth-order valence-corrected chi connectivity index (χ4v) is 4.18. The summed E-state index contributed by atoms with van der Waals surface area (Å²) in [4.78, 5) is 28.2. The van der Waals surface area contributed by atoms with Gasteiger partial charge < -0.3 is 10.3 Å². The molecule has 4 rings (SSSR count). The Kier molecular flexibility index (Phi) is 4.36. The molecule has 130 valence electrons. The first-order chi connectivity index (χ1) is 12.5. The highest BCUT2D eigenvalue weighted by molar-refractivity contribution is 7.73. The minimum atomic E-state index is -0.288. The van der Waals surface area contributed by atoms with E-state index in [-0.39, 0.29) is 11.5 Å². The molecular formula is C18H12ClN3O2S2. The van der Waals surface area contributed by atoms with E-state index in [1.807, 2.05) is 24.3 Å². The predicted octanol–water partition coefficient (Wildman–Crippen LogP) is 4.16. The minimum Gasteiger partial charge on any atom is -0.347 e. The second kappa shape index (κ2) is 6.68. The van der Waals surface area contributed by atoms with Crippen LogP contribution in [0.2, 0.25) is 5.02 Å². The van der Waals surface area contributed by atoms with Crippen molar-refractivity contribution in [2.24, 2.45) is 0 Å². The smallest absolute Gasteiger partial charge is 0.265 e. The van der Waals surface area contributed by atoms with Gasteiger partial charge in [-0.1, -0.05) is 47.2 Å². The van der Waals surface area contributed by atoms with E-state index in [1.54, 1.807) is 28.7 Å². The fraction of sp³-hybridized carbons (Fsp3) is 0.0556. The van der Waals surface area contributed by atoms with Gasteiger partial charge in [0.1, 0.15) is 10.5 Å². The number of halogens is 1. The Balaban J connectivity index is 1.75. The molecule has 2 N–H and O–H groups in total. The Morgan fingerprint density at radius 3 is 2.69 bits per heavy atom. The number of amides is 1.